The Labute approximate surface area is 119 Å². The first-order valence-electron chi connectivity index (χ1n) is 6.96. The zero-order valence-corrected chi connectivity index (χ0v) is 12.7. The number of anilines is 1. The molecule has 6 nitrogen and oxygen atoms in total. The van der Waals surface area contributed by atoms with Gasteiger partial charge in [-0.2, -0.15) is 0 Å². The molecule has 20 heavy (non-hydrogen) atoms. The lowest BCUT2D eigenvalue weighted by Crippen LogP contribution is -2.52. The van der Waals surface area contributed by atoms with E-state index in [4.69, 9.17) is 0 Å². The van der Waals surface area contributed by atoms with Gasteiger partial charge in [-0.25, -0.2) is 22.7 Å². The first-order valence-corrected chi connectivity index (χ1v) is 8.47. The van der Waals surface area contributed by atoms with Gasteiger partial charge < -0.3 is 4.90 Å². The Hall–Kier alpha value is -1.21. The lowest BCUT2D eigenvalue weighted by molar-refractivity contribution is 0.325. The van der Waals surface area contributed by atoms with E-state index in [2.05, 4.69) is 14.9 Å². The number of sulfonamides is 1. The van der Waals surface area contributed by atoms with Crippen LogP contribution in [0.2, 0.25) is 0 Å². The van der Waals surface area contributed by atoms with Crippen LogP contribution in [0, 0.1) is 12.8 Å². The Morgan fingerprint density at radius 2 is 2.10 bits per heavy atom. The van der Waals surface area contributed by atoms with Crippen LogP contribution in [0.5, 0.6) is 0 Å². The largest absolute Gasteiger partial charge is 0.356 e. The number of nitrogens with zero attached hydrogens (tertiary/aromatic N) is 4. The zero-order chi connectivity index (χ0) is 14.3. The summed E-state index contributed by atoms with van der Waals surface area (Å²) in [5, 5.41) is -0.117. The average molecular weight is 296 g/mol. The first-order chi connectivity index (χ1) is 9.46. The maximum Gasteiger partial charge on any atom is 0.216 e. The smallest absolute Gasteiger partial charge is 0.216 e. The standard InChI is InChI=1S/C13H20N4O2S/c1-10-14-6-5-13(15-10)17-8-11(9-17)7-16(2)20(18,19)12-3-4-12/h5-6,11-12H,3-4,7-9H2,1-2H3. The Kier molecular flexibility index (Phi) is 3.41. The molecule has 7 heteroatoms. The highest BCUT2D eigenvalue weighted by molar-refractivity contribution is 7.90. The maximum absolute atomic E-state index is 12.1. The van der Waals surface area contributed by atoms with Crippen LogP contribution in [0.3, 0.4) is 0 Å². The molecule has 1 aromatic rings. The van der Waals surface area contributed by atoms with Gasteiger partial charge in [0.1, 0.15) is 11.6 Å². The Morgan fingerprint density at radius 3 is 2.70 bits per heavy atom. The van der Waals surface area contributed by atoms with Crippen molar-refractivity contribution in [2.24, 2.45) is 5.92 Å². The minimum absolute atomic E-state index is 0.117. The first kappa shape index (κ1) is 13.8. The molecule has 0 bridgehead atoms. The van der Waals surface area contributed by atoms with Crippen LogP contribution in [-0.2, 0) is 10.0 Å². The summed E-state index contributed by atoms with van der Waals surface area (Å²) in [6.45, 7) is 4.21. The van der Waals surface area contributed by atoms with Crippen LogP contribution in [0.25, 0.3) is 0 Å². The van der Waals surface area contributed by atoms with Gasteiger partial charge in [-0.3, -0.25) is 0 Å². The number of hydrogen-bond donors (Lipinski definition) is 0. The molecule has 3 rings (SSSR count). The van der Waals surface area contributed by atoms with E-state index in [-0.39, 0.29) is 5.25 Å². The summed E-state index contributed by atoms with van der Waals surface area (Å²) in [5.41, 5.74) is 0. The molecule has 1 aliphatic carbocycles. The van der Waals surface area contributed by atoms with Crippen molar-refractivity contribution < 1.29 is 8.42 Å². The second kappa shape index (κ2) is 4.96. The van der Waals surface area contributed by atoms with Gasteiger partial charge in [0.25, 0.3) is 0 Å². The SMILES string of the molecule is Cc1nccc(N2CC(CN(C)S(=O)(=O)C3CC3)C2)n1. The molecule has 2 fully saturated rings. The van der Waals surface area contributed by atoms with E-state index in [1.807, 2.05) is 13.0 Å². The van der Waals surface area contributed by atoms with E-state index in [1.165, 1.54) is 4.31 Å². The predicted octanol–water partition coefficient (Wildman–Crippen LogP) is 0.645. The fraction of sp³-hybridized carbons (Fsp3) is 0.692. The van der Waals surface area contributed by atoms with Gasteiger partial charge in [-0.15, -0.1) is 0 Å². The molecule has 1 aliphatic heterocycles. The van der Waals surface area contributed by atoms with Crippen LogP contribution < -0.4 is 4.90 Å². The van der Waals surface area contributed by atoms with Crippen LogP contribution in [0.15, 0.2) is 12.3 Å². The van der Waals surface area contributed by atoms with Crippen molar-refractivity contribution in [3.8, 4) is 0 Å². The van der Waals surface area contributed by atoms with Gasteiger partial charge in [0.15, 0.2) is 0 Å². The van der Waals surface area contributed by atoms with Crippen molar-refractivity contribution in [3.05, 3.63) is 18.1 Å². The van der Waals surface area contributed by atoms with Gasteiger partial charge in [0.05, 0.1) is 5.25 Å². The minimum Gasteiger partial charge on any atom is -0.356 e. The number of aromatic nitrogens is 2. The molecule has 0 spiro atoms. The summed E-state index contributed by atoms with van der Waals surface area (Å²) in [6, 6.07) is 1.90. The molecule has 0 N–H and O–H groups in total. The van der Waals surface area contributed by atoms with E-state index in [0.29, 0.717) is 12.5 Å². The molecular formula is C13H20N4O2S. The molecule has 0 unspecified atom stereocenters. The van der Waals surface area contributed by atoms with E-state index < -0.39 is 10.0 Å². The Morgan fingerprint density at radius 1 is 1.40 bits per heavy atom. The molecule has 1 aromatic heterocycles. The second-order valence-corrected chi connectivity index (χ2v) is 8.08. The number of aryl methyl sites for hydroxylation is 1. The number of hydrogen-bond acceptors (Lipinski definition) is 5. The lowest BCUT2D eigenvalue weighted by Gasteiger charge is -2.41. The molecule has 1 saturated heterocycles. The third kappa shape index (κ3) is 2.64. The van der Waals surface area contributed by atoms with Gasteiger partial charge in [0, 0.05) is 38.8 Å². The monoisotopic (exact) mass is 296 g/mol. The minimum atomic E-state index is -3.04. The van der Waals surface area contributed by atoms with Crippen molar-refractivity contribution in [1.82, 2.24) is 14.3 Å². The molecule has 0 atom stereocenters. The average Bonchev–Trinajstić information content (AvgIpc) is 3.17. The molecular weight excluding hydrogens is 276 g/mol. The van der Waals surface area contributed by atoms with Gasteiger partial charge in [0.2, 0.25) is 10.0 Å². The normalized spacial score (nSPS) is 20.2. The van der Waals surface area contributed by atoms with Crippen LogP contribution in [-0.4, -0.2) is 54.6 Å². The Balaban J connectivity index is 1.53. The maximum atomic E-state index is 12.1. The zero-order valence-electron chi connectivity index (χ0n) is 11.9. The van der Waals surface area contributed by atoms with Crippen molar-refractivity contribution >= 4 is 15.8 Å². The van der Waals surface area contributed by atoms with Crippen LogP contribution in [0.1, 0.15) is 18.7 Å². The molecule has 0 aromatic carbocycles. The fourth-order valence-corrected chi connectivity index (χ4v) is 4.24. The lowest BCUT2D eigenvalue weighted by atomic mass is 10.0. The van der Waals surface area contributed by atoms with Gasteiger partial charge >= 0.3 is 0 Å². The van der Waals surface area contributed by atoms with Crippen LogP contribution >= 0.6 is 0 Å². The fourth-order valence-electron chi connectivity index (χ4n) is 2.58. The third-order valence-electron chi connectivity index (χ3n) is 3.94. The molecule has 2 heterocycles. The van der Waals surface area contributed by atoms with Crippen molar-refractivity contribution in [2.75, 3.05) is 31.6 Å². The van der Waals surface area contributed by atoms with E-state index in [1.54, 1.807) is 13.2 Å². The van der Waals surface area contributed by atoms with Gasteiger partial charge in [-0.05, 0) is 25.8 Å². The topological polar surface area (TPSA) is 66.4 Å². The van der Waals surface area contributed by atoms with Crippen molar-refractivity contribution in [3.63, 3.8) is 0 Å². The summed E-state index contributed by atoms with van der Waals surface area (Å²) in [7, 11) is -1.34. The molecule has 110 valence electrons. The second-order valence-electron chi connectivity index (χ2n) is 5.76. The molecule has 0 radical (unpaired) electrons. The van der Waals surface area contributed by atoms with E-state index in [0.717, 1.165) is 37.6 Å². The highest BCUT2D eigenvalue weighted by Gasteiger charge is 2.40. The molecule has 0 amide bonds. The number of rotatable bonds is 5. The highest BCUT2D eigenvalue weighted by atomic mass is 32.2. The predicted molar refractivity (Wildman–Crippen MR) is 77.0 cm³/mol. The quantitative estimate of drug-likeness (QED) is 0.798. The summed E-state index contributed by atoms with van der Waals surface area (Å²) in [5.74, 6) is 2.09. The summed E-state index contributed by atoms with van der Waals surface area (Å²) >= 11 is 0. The molecule has 2 aliphatic rings. The van der Waals surface area contributed by atoms with Crippen molar-refractivity contribution in [1.29, 1.82) is 0 Å². The van der Waals surface area contributed by atoms with Gasteiger partial charge in [-0.1, -0.05) is 0 Å². The molecule has 1 saturated carbocycles. The Bertz CT molecular complexity index is 594. The highest BCUT2D eigenvalue weighted by Crippen LogP contribution is 2.31. The van der Waals surface area contributed by atoms with E-state index >= 15 is 0 Å². The van der Waals surface area contributed by atoms with Crippen molar-refractivity contribution in [2.45, 2.75) is 25.0 Å². The third-order valence-corrected chi connectivity index (χ3v) is 6.27. The summed E-state index contributed by atoms with van der Waals surface area (Å²) < 4.78 is 25.7. The van der Waals surface area contributed by atoms with Crippen LogP contribution in [0.4, 0.5) is 5.82 Å². The summed E-state index contributed by atoms with van der Waals surface area (Å²) in [6.07, 6.45) is 3.40. The summed E-state index contributed by atoms with van der Waals surface area (Å²) in [4.78, 5) is 10.6. The van der Waals surface area contributed by atoms with E-state index in [9.17, 15) is 8.42 Å².